The Morgan fingerprint density at radius 2 is 2.00 bits per heavy atom. The molecule has 3 nitrogen and oxygen atoms in total. The zero-order valence-corrected chi connectivity index (χ0v) is 9.25. The molecular weight excluding hydrogens is 164 g/mol. The quantitative estimate of drug-likeness (QED) is 0.576. The standard InChI is InChI=1S/C10H24N2O/c1-10(2)9-12(7-5-11)6-4-8-13-3/h10H,4-9,11H2,1-3H3. The van der Waals surface area contributed by atoms with E-state index in [4.69, 9.17) is 10.5 Å². The molecule has 0 aliphatic rings. The summed E-state index contributed by atoms with van der Waals surface area (Å²) in [5, 5.41) is 0. The van der Waals surface area contributed by atoms with Gasteiger partial charge in [-0.05, 0) is 12.3 Å². The molecule has 0 saturated heterocycles. The summed E-state index contributed by atoms with van der Waals surface area (Å²) in [7, 11) is 1.75. The van der Waals surface area contributed by atoms with Gasteiger partial charge >= 0.3 is 0 Å². The lowest BCUT2D eigenvalue weighted by atomic mass is 10.2. The summed E-state index contributed by atoms with van der Waals surface area (Å²) in [6.07, 6.45) is 1.10. The summed E-state index contributed by atoms with van der Waals surface area (Å²) >= 11 is 0. The minimum atomic E-state index is 0.717. The molecule has 80 valence electrons. The lowest BCUT2D eigenvalue weighted by molar-refractivity contribution is 0.167. The third-order valence-electron chi connectivity index (χ3n) is 1.89. The molecule has 0 bridgehead atoms. The van der Waals surface area contributed by atoms with E-state index >= 15 is 0 Å². The smallest absolute Gasteiger partial charge is 0.0474 e. The van der Waals surface area contributed by atoms with Crippen molar-refractivity contribution in [1.82, 2.24) is 4.90 Å². The summed E-state index contributed by atoms with van der Waals surface area (Å²) in [4.78, 5) is 2.41. The summed E-state index contributed by atoms with van der Waals surface area (Å²) in [5.74, 6) is 0.717. The van der Waals surface area contributed by atoms with Gasteiger partial charge in [-0.25, -0.2) is 0 Å². The van der Waals surface area contributed by atoms with Gasteiger partial charge in [0, 0.05) is 39.9 Å². The van der Waals surface area contributed by atoms with Gasteiger partial charge < -0.3 is 15.4 Å². The van der Waals surface area contributed by atoms with Crippen molar-refractivity contribution in [2.24, 2.45) is 11.7 Å². The summed E-state index contributed by atoms with van der Waals surface area (Å²) < 4.78 is 5.02. The summed E-state index contributed by atoms with van der Waals surface area (Å²) in [6, 6.07) is 0. The summed E-state index contributed by atoms with van der Waals surface area (Å²) in [6.45, 7) is 9.31. The molecular formula is C10H24N2O. The number of hydrogen-bond acceptors (Lipinski definition) is 3. The summed E-state index contributed by atoms with van der Waals surface area (Å²) in [5.41, 5.74) is 5.54. The molecule has 0 radical (unpaired) electrons. The van der Waals surface area contributed by atoms with Crippen LogP contribution < -0.4 is 5.73 Å². The minimum Gasteiger partial charge on any atom is -0.385 e. The molecule has 0 unspecified atom stereocenters. The Morgan fingerprint density at radius 1 is 1.31 bits per heavy atom. The van der Waals surface area contributed by atoms with Crippen LogP contribution in [0.1, 0.15) is 20.3 Å². The molecule has 13 heavy (non-hydrogen) atoms. The van der Waals surface area contributed by atoms with Crippen LogP contribution in [0.15, 0.2) is 0 Å². The van der Waals surface area contributed by atoms with Crippen LogP contribution in [-0.2, 0) is 4.74 Å². The van der Waals surface area contributed by atoms with Gasteiger partial charge in [-0.3, -0.25) is 0 Å². The van der Waals surface area contributed by atoms with Gasteiger partial charge in [-0.15, -0.1) is 0 Å². The van der Waals surface area contributed by atoms with Crippen LogP contribution in [0.5, 0.6) is 0 Å². The highest BCUT2D eigenvalue weighted by atomic mass is 16.5. The molecule has 0 fully saturated rings. The molecule has 0 aliphatic carbocycles. The van der Waals surface area contributed by atoms with E-state index in [1.54, 1.807) is 7.11 Å². The molecule has 2 N–H and O–H groups in total. The highest BCUT2D eigenvalue weighted by Crippen LogP contribution is 1.99. The fourth-order valence-corrected chi connectivity index (χ4v) is 1.43. The van der Waals surface area contributed by atoms with Crippen molar-refractivity contribution in [2.75, 3.05) is 39.9 Å². The van der Waals surface area contributed by atoms with Crippen LogP contribution >= 0.6 is 0 Å². The monoisotopic (exact) mass is 188 g/mol. The minimum absolute atomic E-state index is 0.717. The number of hydrogen-bond donors (Lipinski definition) is 1. The molecule has 0 aromatic carbocycles. The Bertz CT molecular complexity index is 107. The highest BCUT2D eigenvalue weighted by molar-refractivity contribution is 4.60. The molecule has 0 aromatic heterocycles. The molecule has 3 heteroatoms. The second kappa shape index (κ2) is 8.48. The third-order valence-corrected chi connectivity index (χ3v) is 1.89. The predicted octanol–water partition coefficient (Wildman–Crippen LogP) is 0.940. The molecule has 0 heterocycles. The van der Waals surface area contributed by atoms with Gasteiger partial charge in [0.05, 0.1) is 0 Å². The van der Waals surface area contributed by atoms with Gasteiger partial charge in [0.15, 0.2) is 0 Å². The maximum atomic E-state index is 5.54. The Hall–Kier alpha value is -0.120. The first kappa shape index (κ1) is 12.9. The zero-order valence-electron chi connectivity index (χ0n) is 9.25. The highest BCUT2D eigenvalue weighted by Gasteiger charge is 2.05. The maximum Gasteiger partial charge on any atom is 0.0474 e. The van der Waals surface area contributed by atoms with Crippen LogP contribution in [0.25, 0.3) is 0 Å². The van der Waals surface area contributed by atoms with E-state index < -0.39 is 0 Å². The van der Waals surface area contributed by atoms with Gasteiger partial charge in [-0.2, -0.15) is 0 Å². The molecule has 0 aliphatic heterocycles. The second-order valence-corrected chi connectivity index (χ2v) is 3.83. The molecule has 0 spiro atoms. The Morgan fingerprint density at radius 3 is 2.46 bits per heavy atom. The Labute approximate surface area is 82.2 Å². The van der Waals surface area contributed by atoms with E-state index in [0.29, 0.717) is 5.92 Å². The number of methoxy groups -OCH3 is 1. The normalized spacial score (nSPS) is 11.5. The van der Waals surface area contributed by atoms with E-state index in [0.717, 1.165) is 39.2 Å². The number of nitrogens with zero attached hydrogens (tertiary/aromatic N) is 1. The lowest BCUT2D eigenvalue weighted by Gasteiger charge is -2.23. The van der Waals surface area contributed by atoms with Crippen LogP contribution in [0, 0.1) is 5.92 Å². The fraction of sp³-hybridized carbons (Fsp3) is 1.00. The van der Waals surface area contributed by atoms with Crippen molar-refractivity contribution in [3.63, 3.8) is 0 Å². The van der Waals surface area contributed by atoms with Gasteiger partial charge in [0.2, 0.25) is 0 Å². The number of nitrogens with two attached hydrogens (primary N) is 1. The van der Waals surface area contributed by atoms with Gasteiger partial charge in [0.25, 0.3) is 0 Å². The average molecular weight is 188 g/mol. The second-order valence-electron chi connectivity index (χ2n) is 3.83. The Kier molecular flexibility index (Phi) is 8.40. The van der Waals surface area contributed by atoms with Crippen LogP contribution in [0.3, 0.4) is 0 Å². The van der Waals surface area contributed by atoms with Crippen LogP contribution in [0.4, 0.5) is 0 Å². The lowest BCUT2D eigenvalue weighted by Crippen LogP contribution is -2.33. The van der Waals surface area contributed by atoms with E-state index in [2.05, 4.69) is 18.7 Å². The third kappa shape index (κ3) is 8.22. The topological polar surface area (TPSA) is 38.5 Å². The average Bonchev–Trinajstić information content (AvgIpc) is 2.04. The maximum absolute atomic E-state index is 5.54. The van der Waals surface area contributed by atoms with E-state index in [-0.39, 0.29) is 0 Å². The number of rotatable bonds is 8. The van der Waals surface area contributed by atoms with Gasteiger partial charge in [0.1, 0.15) is 0 Å². The molecule has 0 atom stereocenters. The SMILES string of the molecule is COCCCN(CCN)CC(C)C. The largest absolute Gasteiger partial charge is 0.385 e. The van der Waals surface area contributed by atoms with E-state index in [1.807, 2.05) is 0 Å². The molecule has 0 aromatic rings. The van der Waals surface area contributed by atoms with Crippen LogP contribution in [0.2, 0.25) is 0 Å². The van der Waals surface area contributed by atoms with E-state index in [9.17, 15) is 0 Å². The first-order valence-electron chi connectivity index (χ1n) is 5.12. The first-order valence-corrected chi connectivity index (χ1v) is 5.12. The van der Waals surface area contributed by atoms with Crippen molar-refractivity contribution >= 4 is 0 Å². The zero-order chi connectivity index (χ0) is 10.1. The van der Waals surface area contributed by atoms with E-state index in [1.165, 1.54) is 0 Å². The molecule has 0 rings (SSSR count). The van der Waals surface area contributed by atoms with Crippen molar-refractivity contribution in [2.45, 2.75) is 20.3 Å². The van der Waals surface area contributed by atoms with Crippen molar-refractivity contribution in [1.29, 1.82) is 0 Å². The molecule has 0 amide bonds. The number of ether oxygens (including phenoxy) is 1. The predicted molar refractivity (Wildman–Crippen MR) is 56.8 cm³/mol. The first-order chi connectivity index (χ1) is 6.20. The van der Waals surface area contributed by atoms with Crippen molar-refractivity contribution in [3.8, 4) is 0 Å². The molecule has 0 saturated carbocycles. The Balaban J connectivity index is 3.53. The van der Waals surface area contributed by atoms with Crippen LogP contribution in [-0.4, -0.2) is 44.8 Å². The fourth-order valence-electron chi connectivity index (χ4n) is 1.43. The van der Waals surface area contributed by atoms with Gasteiger partial charge in [-0.1, -0.05) is 13.8 Å². The van der Waals surface area contributed by atoms with Crippen molar-refractivity contribution in [3.05, 3.63) is 0 Å². The van der Waals surface area contributed by atoms with Crippen molar-refractivity contribution < 1.29 is 4.74 Å².